The standard InChI is InChI=1S/C19H18N2O/c1-13-7-4-5-10-16(13)11-17(12-20)19(22)21-18-14(2)8-6-9-15(18)3/h4-11H,1-3H3,(H,21,22)/b17-11-. The molecule has 2 rings (SSSR count). The minimum atomic E-state index is -0.386. The van der Waals surface area contributed by atoms with Gasteiger partial charge in [-0.25, -0.2) is 0 Å². The van der Waals surface area contributed by atoms with E-state index in [4.69, 9.17) is 0 Å². The number of aryl methyl sites for hydroxylation is 3. The minimum Gasteiger partial charge on any atom is -0.321 e. The zero-order valence-electron chi connectivity index (χ0n) is 13.0. The second-order valence-corrected chi connectivity index (χ2v) is 5.25. The van der Waals surface area contributed by atoms with Gasteiger partial charge in [0.05, 0.1) is 0 Å². The van der Waals surface area contributed by atoms with Crippen molar-refractivity contribution in [1.29, 1.82) is 5.26 Å². The number of rotatable bonds is 3. The molecule has 1 N–H and O–H groups in total. The summed E-state index contributed by atoms with van der Waals surface area (Å²) < 4.78 is 0. The maximum atomic E-state index is 12.4. The molecule has 3 heteroatoms. The van der Waals surface area contributed by atoms with Gasteiger partial charge in [-0.15, -0.1) is 0 Å². The van der Waals surface area contributed by atoms with E-state index in [0.717, 1.165) is 27.9 Å². The molecule has 2 aromatic rings. The lowest BCUT2D eigenvalue weighted by molar-refractivity contribution is -0.112. The Morgan fingerprint density at radius 2 is 1.59 bits per heavy atom. The molecule has 0 bridgehead atoms. The molecule has 0 saturated heterocycles. The van der Waals surface area contributed by atoms with Crippen molar-refractivity contribution in [3.63, 3.8) is 0 Å². The molecular formula is C19H18N2O. The summed E-state index contributed by atoms with van der Waals surface area (Å²) in [6, 6.07) is 15.4. The van der Waals surface area contributed by atoms with E-state index >= 15 is 0 Å². The van der Waals surface area contributed by atoms with Crippen molar-refractivity contribution in [2.45, 2.75) is 20.8 Å². The Bertz CT molecular complexity index is 762. The molecule has 0 atom stereocenters. The highest BCUT2D eigenvalue weighted by Crippen LogP contribution is 2.20. The van der Waals surface area contributed by atoms with Gasteiger partial charge in [0.1, 0.15) is 11.6 Å². The van der Waals surface area contributed by atoms with Crippen LogP contribution in [0.4, 0.5) is 5.69 Å². The van der Waals surface area contributed by atoms with E-state index in [1.54, 1.807) is 6.08 Å². The van der Waals surface area contributed by atoms with Gasteiger partial charge < -0.3 is 5.32 Å². The number of nitrogens with one attached hydrogen (secondary N) is 1. The Morgan fingerprint density at radius 1 is 1.00 bits per heavy atom. The largest absolute Gasteiger partial charge is 0.321 e. The van der Waals surface area contributed by atoms with Crippen LogP contribution in [-0.2, 0) is 4.79 Å². The van der Waals surface area contributed by atoms with Crippen LogP contribution in [0.1, 0.15) is 22.3 Å². The molecule has 0 unspecified atom stereocenters. The van der Waals surface area contributed by atoms with E-state index in [1.807, 2.05) is 69.3 Å². The maximum Gasteiger partial charge on any atom is 0.266 e. The quantitative estimate of drug-likeness (QED) is 0.681. The molecule has 0 heterocycles. The minimum absolute atomic E-state index is 0.0944. The van der Waals surface area contributed by atoms with Crippen molar-refractivity contribution in [1.82, 2.24) is 0 Å². The number of carbonyl (C=O) groups excluding carboxylic acids is 1. The number of anilines is 1. The van der Waals surface area contributed by atoms with Gasteiger partial charge >= 0.3 is 0 Å². The van der Waals surface area contributed by atoms with Gasteiger partial charge in [-0.2, -0.15) is 5.26 Å². The van der Waals surface area contributed by atoms with Crippen LogP contribution in [0.25, 0.3) is 6.08 Å². The summed E-state index contributed by atoms with van der Waals surface area (Å²) in [7, 11) is 0. The van der Waals surface area contributed by atoms with Crippen LogP contribution in [0.3, 0.4) is 0 Å². The first-order valence-electron chi connectivity index (χ1n) is 7.08. The summed E-state index contributed by atoms with van der Waals surface area (Å²) in [5.41, 5.74) is 4.70. The van der Waals surface area contributed by atoms with Crippen LogP contribution >= 0.6 is 0 Å². The lowest BCUT2D eigenvalue weighted by atomic mass is 10.1. The van der Waals surface area contributed by atoms with Gasteiger partial charge in [0, 0.05) is 5.69 Å². The van der Waals surface area contributed by atoms with E-state index in [9.17, 15) is 10.1 Å². The molecule has 110 valence electrons. The molecule has 1 amide bonds. The third kappa shape index (κ3) is 3.42. The van der Waals surface area contributed by atoms with Gasteiger partial charge in [-0.1, -0.05) is 42.5 Å². The number of benzene rings is 2. The lowest BCUT2D eigenvalue weighted by Crippen LogP contribution is -2.15. The number of hydrogen-bond acceptors (Lipinski definition) is 2. The van der Waals surface area contributed by atoms with Crippen molar-refractivity contribution >= 4 is 17.7 Å². The van der Waals surface area contributed by atoms with Crippen LogP contribution in [0.5, 0.6) is 0 Å². The predicted molar refractivity (Wildman–Crippen MR) is 89.3 cm³/mol. The molecule has 2 aromatic carbocycles. The fraction of sp³-hybridized carbons (Fsp3) is 0.158. The first-order chi connectivity index (χ1) is 10.5. The molecule has 0 aromatic heterocycles. The van der Waals surface area contributed by atoms with Gasteiger partial charge in [-0.3, -0.25) is 4.79 Å². The first kappa shape index (κ1) is 15.5. The molecule has 0 aliphatic rings. The van der Waals surface area contributed by atoms with Crippen LogP contribution in [0.15, 0.2) is 48.0 Å². The molecule has 3 nitrogen and oxygen atoms in total. The number of para-hydroxylation sites is 1. The first-order valence-corrected chi connectivity index (χ1v) is 7.08. The smallest absolute Gasteiger partial charge is 0.266 e. The fourth-order valence-corrected chi connectivity index (χ4v) is 2.25. The molecule has 0 saturated carbocycles. The zero-order valence-corrected chi connectivity index (χ0v) is 13.0. The van der Waals surface area contributed by atoms with Gasteiger partial charge in [0.2, 0.25) is 0 Å². The molecule has 22 heavy (non-hydrogen) atoms. The third-order valence-electron chi connectivity index (χ3n) is 3.57. The van der Waals surface area contributed by atoms with Crippen molar-refractivity contribution in [3.8, 4) is 6.07 Å². The fourth-order valence-electron chi connectivity index (χ4n) is 2.25. The van der Waals surface area contributed by atoms with Crippen molar-refractivity contribution in [2.24, 2.45) is 0 Å². The highest BCUT2D eigenvalue weighted by atomic mass is 16.1. The van der Waals surface area contributed by atoms with E-state index in [0.29, 0.717) is 0 Å². The normalized spacial score (nSPS) is 10.9. The van der Waals surface area contributed by atoms with E-state index in [2.05, 4.69) is 5.32 Å². The topological polar surface area (TPSA) is 52.9 Å². The molecule has 0 radical (unpaired) electrons. The van der Waals surface area contributed by atoms with Gasteiger partial charge in [-0.05, 0) is 49.1 Å². The van der Waals surface area contributed by atoms with Crippen LogP contribution in [0.2, 0.25) is 0 Å². The summed E-state index contributed by atoms with van der Waals surface area (Å²) in [6.45, 7) is 5.81. The number of amides is 1. The Hall–Kier alpha value is -2.86. The van der Waals surface area contributed by atoms with Crippen LogP contribution < -0.4 is 5.32 Å². The highest BCUT2D eigenvalue weighted by Gasteiger charge is 2.12. The molecule has 0 aliphatic carbocycles. The summed E-state index contributed by atoms with van der Waals surface area (Å²) >= 11 is 0. The maximum absolute atomic E-state index is 12.4. The number of nitrogens with zero attached hydrogens (tertiary/aromatic N) is 1. The Balaban J connectivity index is 2.31. The van der Waals surface area contributed by atoms with Crippen molar-refractivity contribution in [3.05, 3.63) is 70.3 Å². The van der Waals surface area contributed by atoms with Crippen LogP contribution in [-0.4, -0.2) is 5.91 Å². The summed E-state index contributed by atoms with van der Waals surface area (Å²) in [4.78, 5) is 12.4. The van der Waals surface area contributed by atoms with E-state index < -0.39 is 0 Å². The summed E-state index contributed by atoms with van der Waals surface area (Å²) in [5.74, 6) is -0.386. The number of hydrogen-bond donors (Lipinski definition) is 1. The van der Waals surface area contributed by atoms with Crippen LogP contribution in [0, 0.1) is 32.1 Å². The SMILES string of the molecule is Cc1ccccc1/C=C(/C#N)C(=O)Nc1c(C)cccc1C. The lowest BCUT2D eigenvalue weighted by Gasteiger charge is -2.11. The average Bonchev–Trinajstić information content (AvgIpc) is 2.50. The summed E-state index contributed by atoms with van der Waals surface area (Å²) in [5, 5.41) is 12.1. The Labute approximate surface area is 130 Å². The van der Waals surface area contributed by atoms with Crippen molar-refractivity contribution in [2.75, 3.05) is 5.32 Å². The van der Waals surface area contributed by atoms with E-state index in [-0.39, 0.29) is 11.5 Å². The van der Waals surface area contributed by atoms with Crippen molar-refractivity contribution < 1.29 is 4.79 Å². The van der Waals surface area contributed by atoms with Gasteiger partial charge in [0.15, 0.2) is 0 Å². The highest BCUT2D eigenvalue weighted by molar-refractivity contribution is 6.10. The monoisotopic (exact) mass is 290 g/mol. The molecule has 0 aliphatic heterocycles. The zero-order chi connectivity index (χ0) is 16.1. The number of nitriles is 1. The molecular weight excluding hydrogens is 272 g/mol. The van der Waals surface area contributed by atoms with Gasteiger partial charge in [0.25, 0.3) is 5.91 Å². The number of carbonyl (C=O) groups is 1. The Kier molecular flexibility index (Phi) is 4.75. The Morgan fingerprint density at radius 3 is 2.18 bits per heavy atom. The second kappa shape index (κ2) is 6.73. The predicted octanol–water partition coefficient (Wildman–Crippen LogP) is 4.16. The molecule has 0 fully saturated rings. The average molecular weight is 290 g/mol. The van der Waals surface area contributed by atoms with E-state index in [1.165, 1.54) is 0 Å². The summed E-state index contributed by atoms with van der Waals surface area (Å²) in [6.07, 6.45) is 1.62. The molecule has 0 spiro atoms. The third-order valence-corrected chi connectivity index (χ3v) is 3.57. The second-order valence-electron chi connectivity index (χ2n) is 5.25.